The molecule has 0 unspecified atom stereocenters. The van der Waals surface area contributed by atoms with Crippen LogP contribution in [0.4, 0.5) is 0 Å². The fraction of sp³-hybridized carbons (Fsp3) is 0.500. The third-order valence-corrected chi connectivity index (χ3v) is 4.67. The zero-order chi connectivity index (χ0) is 12.4. The van der Waals surface area contributed by atoms with E-state index in [4.69, 9.17) is 0 Å². The van der Waals surface area contributed by atoms with Crippen LogP contribution in [-0.4, -0.2) is 9.78 Å². The van der Waals surface area contributed by atoms with Crippen LogP contribution in [0.2, 0.25) is 0 Å². The van der Waals surface area contributed by atoms with Crippen LogP contribution >= 0.6 is 11.3 Å². The Morgan fingerprint density at radius 3 is 3.11 bits per heavy atom. The molecule has 0 saturated heterocycles. The highest BCUT2D eigenvalue weighted by Gasteiger charge is 2.14. The van der Waals surface area contributed by atoms with Crippen molar-refractivity contribution in [3.8, 4) is 0 Å². The maximum atomic E-state index is 4.28. The monoisotopic (exact) mass is 261 g/mol. The number of rotatable bonds is 5. The van der Waals surface area contributed by atoms with Crippen LogP contribution in [0.3, 0.4) is 0 Å². The van der Waals surface area contributed by atoms with Gasteiger partial charge < -0.3 is 5.32 Å². The van der Waals surface area contributed by atoms with Crippen molar-refractivity contribution in [2.45, 2.75) is 45.8 Å². The maximum absolute atomic E-state index is 4.28. The van der Waals surface area contributed by atoms with E-state index in [2.05, 4.69) is 29.6 Å². The molecule has 0 fully saturated rings. The van der Waals surface area contributed by atoms with E-state index in [0.29, 0.717) is 0 Å². The highest BCUT2D eigenvalue weighted by Crippen LogP contribution is 2.30. The zero-order valence-electron chi connectivity index (χ0n) is 10.8. The Balaban J connectivity index is 1.51. The van der Waals surface area contributed by atoms with Crippen LogP contribution in [0.15, 0.2) is 18.5 Å². The highest BCUT2D eigenvalue weighted by molar-refractivity contribution is 7.12. The summed E-state index contributed by atoms with van der Waals surface area (Å²) in [5.74, 6) is 0. The molecule has 0 aromatic carbocycles. The lowest BCUT2D eigenvalue weighted by Crippen LogP contribution is -2.11. The molecule has 0 atom stereocenters. The van der Waals surface area contributed by atoms with Crippen LogP contribution in [0.5, 0.6) is 0 Å². The lowest BCUT2D eigenvalue weighted by atomic mass is 10.2. The first-order valence-electron chi connectivity index (χ1n) is 6.67. The van der Waals surface area contributed by atoms with Crippen molar-refractivity contribution in [2.75, 3.05) is 0 Å². The molecular weight excluding hydrogens is 242 g/mol. The van der Waals surface area contributed by atoms with Crippen molar-refractivity contribution < 1.29 is 0 Å². The van der Waals surface area contributed by atoms with Gasteiger partial charge in [0, 0.05) is 41.1 Å². The van der Waals surface area contributed by atoms with E-state index in [1.54, 1.807) is 10.4 Å². The number of hydrogen-bond acceptors (Lipinski definition) is 3. The smallest absolute Gasteiger partial charge is 0.0534 e. The molecule has 0 bridgehead atoms. The molecule has 0 saturated carbocycles. The average molecular weight is 261 g/mol. The topological polar surface area (TPSA) is 29.9 Å². The number of nitrogens with zero attached hydrogens (tertiary/aromatic N) is 2. The fourth-order valence-electron chi connectivity index (χ4n) is 2.48. The molecule has 0 aliphatic heterocycles. The van der Waals surface area contributed by atoms with Gasteiger partial charge in [0.15, 0.2) is 0 Å². The maximum Gasteiger partial charge on any atom is 0.0534 e. The molecule has 1 aliphatic rings. The molecule has 3 nitrogen and oxygen atoms in total. The van der Waals surface area contributed by atoms with E-state index < -0.39 is 0 Å². The highest BCUT2D eigenvalue weighted by atomic mass is 32.1. The largest absolute Gasteiger partial charge is 0.308 e. The molecule has 0 radical (unpaired) electrons. The Morgan fingerprint density at radius 2 is 2.33 bits per heavy atom. The van der Waals surface area contributed by atoms with Gasteiger partial charge >= 0.3 is 0 Å². The van der Waals surface area contributed by atoms with Crippen LogP contribution in [0, 0.1) is 0 Å². The van der Waals surface area contributed by atoms with Crippen molar-refractivity contribution in [1.29, 1.82) is 0 Å². The van der Waals surface area contributed by atoms with Gasteiger partial charge in [0.05, 0.1) is 6.20 Å². The molecule has 4 heteroatoms. The van der Waals surface area contributed by atoms with Crippen LogP contribution in [0.25, 0.3) is 0 Å². The predicted molar refractivity (Wildman–Crippen MR) is 74.8 cm³/mol. The van der Waals surface area contributed by atoms with E-state index >= 15 is 0 Å². The molecule has 2 aromatic rings. The molecule has 0 amide bonds. The van der Waals surface area contributed by atoms with Gasteiger partial charge in [0.2, 0.25) is 0 Å². The van der Waals surface area contributed by atoms with Crippen molar-refractivity contribution in [1.82, 2.24) is 15.1 Å². The molecule has 0 spiro atoms. The Kier molecular flexibility index (Phi) is 3.48. The molecular formula is C14H19N3S. The van der Waals surface area contributed by atoms with E-state index in [1.165, 1.54) is 29.7 Å². The average Bonchev–Trinajstić information content (AvgIpc) is 3.03. The molecule has 2 aromatic heterocycles. The van der Waals surface area contributed by atoms with Gasteiger partial charge in [-0.05, 0) is 37.8 Å². The Labute approximate surface area is 112 Å². The van der Waals surface area contributed by atoms with Gasteiger partial charge in [-0.1, -0.05) is 0 Å². The number of aromatic nitrogens is 2. The molecule has 96 valence electrons. The summed E-state index contributed by atoms with van der Waals surface area (Å²) in [5.41, 5.74) is 2.86. The molecule has 18 heavy (non-hydrogen) atoms. The first-order chi connectivity index (χ1) is 8.85. The number of aryl methyl sites for hydroxylation is 3. The van der Waals surface area contributed by atoms with Gasteiger partial charge in [-0.3, -0.25) is 4.68 Å². The lowest BCUT2D eigenvalue weighted by molar-refractivity contribution is 0.656. The second-order valence-corrected chi connectivity index (χ2v) is 6.04. The van der Waals surface area contributed by atoms with Gasteiger partial charge in [-0.25, -0.2) is 0 Å². The zero-order valence-corrected chi connectivity index (χ0v) is 11.6. The summed E-state index contributed by atoms with van der Waals surface area (Å²) in [7, 11) is 0. The standard InChI is InChI=1S/C14H19N3S/c1-2-17-10-11(8-16-17)7-15-9-13-6-12-4-3-5-14(12)18-13/h6,8,10,15H,2-5,7,9H2,1H3. The van der Waals surface area contributed by atoms with Gasteiger partial charge in [-0.2, -0.15) is 5.10 Å². The van der Waals surface area contributed by atoms with E-state index in [0.717, 1.165) is 19.6 Å². The number of thiophene rings is 1. The third-order valence-electron chi connectivity index (χ3n) is 3.44. The second-order valence-electron chi connectivity index (χ2n) is 4.82. The van der Waals surface area contributed by atoms with Crippen molar-refractivity contribution in [3.63, 3.8) is 0 Å². The van der Waals surface area contributed by atoms with Gasteiger partial charge in [-0.15, -0.1) is 11.3 Å². The number of nitrogens with one attached hydrogen (secondary N) is 1. The van der Waals surface area contributed by atoms with Gasteiger partial charge in [0.25, 0.3) is 0 Å². The minimum atomic E-state index is 0.905. The fourth-order valence-corrected chi connectivity index (χ4v) is 3.71. The first kappa shape index (κ1) is 11.9. The molecule has 2 heterocycles. The summed E-state index contributed by atoms with van der Waals surface area (Å²) in [6.45, 7) is 4.94. The van der Waals surface area contributed by atoms with E-state index in [9.17, 15) is 0 Å². The van der Waals surface area contributed by atoms with E-state index in [1.807, 2.05) is 22.2 Å². The van der Waals surface area contributed by atoms with Crippen LogP contribution < -0.4 is 5.32 Å². The lowest BCUT2D eigenvalue weighted by Gasteiger charge is -2.00. The van der Waals surface area contributed by atoms with Crippen LogP contribution in [0.1, 0.15) is 34.2 Å². The Morgan fingerprint density at radius 1 is 1.39 bits per heavy atom. The normalized spacial score (nSPS) is 14.1. The predicted octanol–water partition coefficient (Wildman–Crippen LogP) is 2.74. The Hall–Kier alpha value is -1.13. The molecule has 1 aliphatic carbocycles. The second kappa shape index (κ2) is 5.24. The summed E-state index contributed by atoms with van der Waals surface area (Å²) >= 11 is 1.98. The molecule has 3 rings (SSSR count). The Bertz CT molecular complexity index is 505. The SMILES string of the molecule is CCn1cc(CNCc2cc3c(s2)CCC3)cn1. The number of fused-ring (bicyclic) bond motifs is 1. The third kappa shape index (κ3) is 2.49. The van der Waals surface area contributed by atoms with Gasteiger partial charge in [0.1, 0.15) is 0 Å². The summed E-state index contributed by atoms with van der Waals surface area (Å²) in [5, 5.41) is 7.78. The minimum absolute atomic E-state index is 0.905. The van der Waals surface area contributed by atoms with Crippen LogP contribution in [-0.2, 0) is 32.5 Å². The van der Waals surface area contributed by atoms with Crippen molar-refractivity contribution in [2.24, 2.45) is 0 Å². The minimum Gasteiger partial charge on any atom is -0.308 e. The first-order valence-corrected chi connectivity index (χ1v) is 7.49. The summed E-state index contributed by atoms with van der Waals surface area (Å²) in [6.07, 6.45) is 8.00. The van der Waals surface area contributed by atoms with E-state index in [-0.39, 0.29) is 0 Å². The summed E-state index contributed by atoms with van der Waals surface area (Å²) < 4.78 is 1.97. The number of hydrogen-bond donors (Lipinski definition) is 1. The molecule has 1 N–H and O–H groups in total. The van der Waals surface area contributed by atoms with Crippen molar-refractivity contribution >= 4 is 11.3 Å². The van der Waals surface area contributed by atoms with Crippen molar-refractivity contribution in [3.05, 3.63) is 39.3 Å². The summed E-state index contributed by atoms with van der Waals surface area (Å²) in [4.78, 5) is 3.09. The quantitative estimate of drug-likeness (QED) is 0.897. The summed E-state index contributed by atoms with van der Waals surface area (Å²) in [6, 6.07) is 2.38.